The Kier molecular flexibility index (Phi) is 7.59. The molecule has 0 aliphatic carbocycles. The molecule has 0 N–H and O–H groups in total. The van der Waals surface area contributed by atoms with Gasteiger partial charge in [0.2, 0.25) is 0 Å². The van der Waals surface area contributed by atoms with Gasteiger partial charge in [-0.05, 0) is 130 Å². The number of hydrogen-bond donors (Lipinski definition) is 0. The first kappa shape index (κ1) is 33.7. The third-order valence-electron chi connectivity index (χ3n) is 12.7. The molecule has 58 heavy (non-hydrogen) atoms. The van der Waals surface area contributed by atoms with Gasteiger partial charge in [0, 0.05) is 20.5 Å². The first-order valence-electron chi connectivity index (χ1n) is 20.1. The predicted octanol–water partition coefficient (Wildman–Crippen LogP) is 17.5. The third-order valence-corrected chi connectivity index (χ3v) is 17.2. The number of hydrogen-bond acceptors (Lipinski definition) is 0. The van der Waals surface area contributed by atoms with E-state index in [0.29, 0.717) is 0 Å². The number of rotatable bonds is 4. The summed E-state index contributed by atoms with van der Waals surface area (Å²) in [5.41, 5.74) is 10.4. The van der Waals surface area contributed by atoms with Crippen molar-refractivity contribution in [2.75, 3.05) is 0 Å². The highest BCUT2D eigenvalue weighted by atomic mass is 31.1. The second-order valence-corrected chi connectivity index (χ2v) is 19.8. The van der Waals surface area contributed by atoms with Gasteiger partial charge < -0.3 is 0 Å². The molecule has 0 amide bonds. The Bertz CT molecular complexity index is 3460. The van der Waals surface area contributed by atoms with Crippen LogP contribution in [0.2, 0.25) is 0 Å². The molecular formula is C56H38P2. The average molecular weight is 773 g/mol. The highest BCUT2D eigenvalue weighted by molar-refractivity contribution is 7.60. The highest BCUT2D eigenvalue weighted by Gasteiger charge is 2.22. The van der Waals surface area contributed by atoms with Crippen molar-refractivity contribution in [3.05, 3.63) is 194 Å². The van der Waals surface area contributed by atoms with Gasteiger partial charge in [-0.3, -0.25) is 0 Å². The second kappa shape index (κ2) is 13.1. The quantitative estimate of drug-likeness (QED) is 0.156. The van der Waals surface area contributed by atoms with E-state index in [1.54, 1.807) is 0 Å². The fourth-order valence-corrected chi connectivity index (χ4v) is 14.6. The topological polar surface area (TPSA) is 0 Å². The molecule has 0 saturated carbocycles. The lowest BCUT2D eigenvalue weighted by molar-refractivity contribution is 1.63. The maximum atomic E-state index is 2.54. The van der Waals surface area contributed by atoms with Crippen LogP contribution in [0, 0.1) is 0 Å². The van der Waals surface area contributed by atoms with E-state index >= 15 is 0 Å². The lowest BCUT2D eigenvalue weighted by Gasteiger charge is -2.20. The van der Waals surface area contributed by atoms with Crippen molar-refractivity contribution in [3.63, 3.8) is 0 Å². The molecule has 0 bridgehead atoms. The molecule has 12 rings (SSSR count). The molecule has 0 aliphatic rings. The third kappa shape index (κ3) is 4.90. The van der Waals surface area contributed by atoms with Gasteiger partial charge in [0.05, 0.1) is 0 Å². The summed E-state index contributed by atoms with van der Waals surface area (Å²) in [5, 5.41) is 19.2. The fraction of sp³-hybridized carbons (Fsp3) is 0.0357. The van der Waals surface area contributed by atoms with E-state index in [-0.39, 0.29) is 0 Å². The van der Waals surface area contributed by atoms with Gasteiger partial charge in [-0.1, -0.05) is 176 Å². The van der Waals surface area contributed by atoms with Crippen LogP contribution < -0.4 is 0 Å². The minimum atomic E-state index is -0.508. The van der Waals surface area contributed by atoms with Gasteiger partial charge in [-0.25, -0.2) is 0 Å². The molecular weight excluding hydrogens is 735 g/mol. The maximum Gasteiger partial charge on any atom is 0.00996 e. The molecule has 2 aromatic heterocycles. The molecule has 12 aromatic rings. The standard InChI is InChI=1S/C56H38P2/c1-57-52-30-10-8-20-41(52)47-28-14-26-45(55(47)57)39-22-12-24-43-49(39)34-50-40(46-27-15-29-48-42-21-9-11-31-53(42)58(2)56(46)48)23-13-25-44(50)54(43)51-33-37(35-16-4-3-5-17-35)32-36-18-6-7-19-38(36)51/h3-34H,1-2H3. The molecule has 0 fully saturated rings. The molecule has 0 saturated heterocycles. The summed E-state index contributed by atoms with van der Waals surface area (Å²) in [4.78, 5) is 0. The Balaban J connectivity index is 1.26. The van der Waals surface area contributed by atoms with Crippen LogP contribution in [0.1, 0.15) is 0 Å². The highest BCUT2D eigenvalue weighted by Crippen LogP contribution is 2.55. The normalized spacial score (nSPS) is 12.6. The predicted molar refractivity (Wildman–Crippen MR) is 258 cm³/mol. The Morgan fingerprint density at radius 3 is 1.29 bits per heavy atom. The van der Waals surface area contributed by atoms with E-state index in [1.807, 2.05) is 0 Å². The molecule has 0 spiro atoms. The van der Waals surface area contributed by atoms with Crippen molar-refractivity contribution in [2.45, 2.75) is 0 Å². The van der Waals surface area contributed by atoms with Crippen LogP contribution in [0.25, 0.3) is 119 Å². The van der Waals surface area contributed by atoms with Crippen molar-refractivity contribution in [3.8, 4) is 44.5 Å². The summed E-state index contributed by atoms with van der Waals surface area (Å²) in [6, 6.07) is 73.4. The van der Waals surface area contributed by atoms with Crippen LogP contribution >= 0.6 is 15.1 Å². The van der Waals surface area contributed by atoms with Crippen molar-refractivity contribution in [2.24, 2.45) is 13.3 Å². The Hall–Kier alpha value is -6.42. The van der Waals surface area contributed by atoms with Gasteiger partial charge in [0.25, 0.3) is 0 Å². The van der Waals surface area contributed by atoms with Crippen LogP contribution in [0.5, 0.6) is 0 Å². The van der Waals surface area contributed by atoms with Gasteiger partial charge in [-0.15, -0.1) is 15.1 Å². The van der Waals surface area contributed by atoms with E-state index in [9.17, 15) is 0 Å². The monoisotopic (exact) mass is 772 g/mol. The lowest BCUT2D eigenvalue weighted by Crippen LogP contribution is -1.92. The summed E-state index contributed by atoms with van der Waals surface area (Å²) in [6.07, 6.45) is 0. The molecule has 0 nitrogen and oxygen atoms in total. The minimum Gasteiger partial charge on any atom is -0.111 e. The van der Waals surface area contributed by atoms with Gasteiger partial charge in [0.15, 0.2) is 0 Å². The van der Waals surface area contributed by atoms with Crippen molar-refractivity contribution < 1.29 is 0 Å². The number of aryl methyl sites for hydroxylation is 2. The zero-order valence-electron chi connectivity index (χ0n) is 32.4. The van der Waals surface area contributed by atoms with Gasteiger partial charge in [0.1, 0.15) is 0 Å². The SMILES string of the molecule is Cp1c2ccccc2c2cccc(-c3cccc4c(-c5cc(-c6ccccc6)cc6ccccc56)c5cccc(-c6cccc7c8ccccc8p(C)c67)c5cc34)c21. The Morgan fingerprint density at radius 2 is 0.724 bits per heavy atom. The second-order valence-electron chi connectivity index (χ2n) is 15.7. The lowest BCUT2D eigenvalue weighted by atomic mass is 9.84. The van der Waals surface area contributed by atoms with E-state index in [4.69, 9.17) is 0 Å². The van der Waals surface area contributed by atoms with E-state index in [2.05, 4.69) is 207 Å². The van der Waals surface area contributed by atoms with Crippen molar-refractivity contribution >= 4 is 89.4 Å². The van der Waals surface area contributed by atoms with Crippen LogP contribution in [-0.4, -0.2) is 0 Å². The molecule has 2 heteroatoms. The van der Waals surface area contributed by atoms with Crippen LogP contribution in [0.15, 0.2) is 194 Å². The Morgan fingerprint density at radius 1 is 0.276 bits per heavy atom. The molecule has 272 valence electrons. The van der Waals surface area contributed by atoms with Crippen LogP contribution in [0.4, 0.5) is 0 Å². The van der Waals surface area contributed by atoms with Gasteiger partial charge >= 0.3 is 0 Å². The smallest absolute Gasteiger partial charge is 0.00996 e. The van der Waals surface area contributed by atoms with E-state index in [1.165, 1.54) is 119 Å². The largest absolute Gasteiger partial charge is 0.111 e. The first-order valence-corrected chi connectivity index (χ1v) is 23.7. The summed E-state index contributed by atoms with van der Waals surface area (Å²) in [5.74, 6) is 0. The zero-order valence-corrected chi connectivity index (χ0v) is 34.2. The summed E-state index contributed by atoms with van der Waals surface area (Å²) in [6.45, 7) is 4.90. The molecule has 2 atom stereocenters. The summed E-state index contributed by atoms with van der Waals surface area (Å²) >= 11 is 0. The minimum absolute atomic E-state index is 0.508. The number of benzene rings is 10. The average Bonchev–Trinajstić information content (AvgIpc) is 3.75. The Labute approximate surface area is 339 Å². The fourth-order valence-electron chi connectivity index (χ4n) is 10.1. The van der Waals surface area contributed by atoms with Crippen molar-refractivity contribution in [1.29, 1.82) is 0 Å². The number of fused-ring (bicyclic) bond motifs is 9. The molecule has 2 heterocycles. The molecule has 2 unspecified atom stereocenters. The van der Waals surface area contributed by atoms with E-state index in [0.717, 1.165) is 0 Å². The van der Waals surface area contributed by atoms with E-state index < -0.39 is 15.1 Å². The summed E-state index contributed by atoms with van der Waals surface area (Å²) < 4.78 is 0. The first-order chi connectivity index (χ1) is 28.6. The molecule has 0 radical (unpaired) electrons. The van der Waals surface area contributed by atoms with Crippen molar-refractivity contribution in [1.82, 2.24) is 0 Å². The van der Waals surface area contributed by atoms with Crippen LogP contribution in [-0.2, 0) is 13.3 Å². The zero-order chi connectivity index (χ0) is 38.5. The summed E-state index contributed by atoms with van der Waals surface area (Å²) in [7, 11) is -1.02. The maximum absolute atomic E-state index is 2.54. The molecule has 0 aliphatic heterocycles. The molecule has 10 aromatic carbocycles. The van der Waals surface area contributed by atoms with Gasteiger partial charge in [-0.2, -0.15) is 0 Å². The van der Waals surface area contributed by atoms with Crippen LogP contribution in [0.3, 0.4) is 0 Å².